The summed E-state index contributed by atoms with van der Waals surface area (Å²) < 4.78 is 38.3. The molecule has 2 nitrogen and oxygen atoms in total. The zero-order valence-electron chi connectivity index (χ0n) is 7.85. The Morgan fingerprint density at radius 3 is 2.50 bits per heavy atom. The van der Waals surface area contributed by atoms with Crippen molar-refractivity contribution >= 4 is 32.7 Å². The minimum absolute atomic E-state index is 0.407. The van der Waals surface area contributed by atoms with Crippen LogP contribution in [0.2, 0.25) is 0 Å². The number of fused-ring (bicyclic) bond motifs is 1. The van der Waals surface area contributed by atoms with Crippen molar-refractivity contribution in [3.05, 3.63) is 34.3 Å². The van der Waals surface area contributed by atoms with Gasteiger partial charge < -0.3 is 5.73 Å². The molecular weight excluding hydrogens is 285 g/mol. The number of alkyl halides is 3. The van der Waals surface area contributed by atoms with Crippen molar-refractivity contribution < 1.29 is 13.2 Å². The Labute approximate surface area is 97.4 Å². The van der Waals surface area contributed by atoms with Crippen molar-refractivity contribution in [1.82, 2.24) is 4.98 Å². The molecule has 1 heterocycles. The topological polar surface area (TPSA) is 38.9 Å². The second-order valence-corrected chi connectivity index (χ2v) is 4.17. The zero-order valence-corrected chi connectivity index (χ0v) is 9.43. The van der Waals surface area contributed by atoms with E-state index in [1.165, 1.54) is 0 Å². The van der Waals surface area contributed by atoms with Crippen LogP contribution in [-0.2, 0) is 6.18 Å². The zero-order chi connectivity index (χ0) is 11.9. The summed E-state index contributed by atoms with van der Waals surface area (Å²) in [5.41, 5.74) is 4.81. The molecule has 0 spiro atoms. The maximum absolute atomic E-state index is 12.5. The van der Waals surface area contributed by atoms with Crippen LogP contribution in [0.25, 0.3) is 10.9 Å². The van der Waals surface area contributed by atoms with E-state index in [0.717, 1.165) is 10.5 Å². The Hall–Kier alpha value is -1.30. The largest absolute Gasteiger partial charge is 0.419 e. The maximum atomic E-state index is 12.5. The first-order valence-electron chi connectivity index (χ1n) is 4.31. The molecule has 2 aromatic rings. The molecule has 0 saturated carbocycles. The van der Waals surface area contributed by atoms with Crippen molar-refractivity contribution in [1.29, 1.82) is 0 Å². The number of benzene rings is 1. The molecule has 0 saturated heterocycles. The highest BCUT2D eigenvalue weighted by Gasteiger charge is 2.33. The first kappa shape index (κ1) is 11.2. The fourth-order valence-electron chi connectivity index (χ4n) is 1.38. The van der Waals surface area contributed by atoms with Crippen LogP contribution in [-0.4, -0.2) is 4.98 Å². The SMILES string of the molecule is Nc1nc2cc(Br)ccc2cc1C(F)(F)F. The van der Waals surface area contributed by atoms with Crippen molar-refractivity contribution in [2.75, 3.05) is 5.73 Å². The van der Waals surface area contributed by atoms with Gasteiger partial charge in [-0.2, -0.15) is 13.2 Å². The first-order chi connectivity index (χ1) is 7.38. The number of aromatic nitrogens is 1. The van der Waals surface area contributed by atoms with Gasteiger partial charge in [-0.25, -0.2) is 4.98 Å². The molecule has 0 amide bonds. The summed E-state index contributed by atoms with van der Waals surface area (Å²) in [7, 11) is 0. The lowest BCUT2D eigenvalue weighted by atomic mass is 10.1. The van der Waals surface area contributed by atoms with Gasteiger partial charge in [0.05, 0.1) is 11.1 Å². The van der Waals surface area contributed by atoms with E-state index in [1.54, 1.807) is 18.2 Å². The molecule has 0 atom stereocenters. The Bertz CT molecular complexity index is 551. The molecule has 16 heavy (non-hydrogen) atoms. The van der Waals surface area contributed by atoms with E-state index in [0.29, 0.717) is 10.9 Å². The number of nitrogen functional groups attached to an aromatic ring is 1. The average molecular weight is 291 g/mol. The molecule has 2 rings (SSSR count). The van der Waals surface area contributed by atoms with Gasteiger partial charge in [0.25, 0.3) is 0 Å². The van der Waals surface area contributed by atoms with Gasteiger partial charge in [0, 0.05) is 9.86 Å². The van der Waals surface area contributed by atoms with E-state index < -0.39 is 17.6 Å². The fraction of sp³-hybridized carbons (Fsp3) is 0.100. The number of nitrogens with two attached hydrogens (primary N) is 1. The van der Waals surface area contributed by atoms with Crippen LogP contribution in [0.3, 0.4) is 0 Å². The third-order valence-corrected chi connectivity index (χ3v) is 2.61. The Balaban J connectivity index is 2.72. The second kappa shape index (κ2) is 3.62. The summed E-state index contributed by atoms with van der Waals surface area (Å²) in [5, 5.41) is 0.407. The third kappa shape index (κ3) is 1.97. The normalized spacial score (nSPS) is 12.0. The summed E-state index contributed by atoms with van der Waals surface area (Å²) in [5.74, 6) is -0.502. The van der Waals surface area contributed by atoms with Crippen LogP contribution in [0.1, 0.15) is 5.56 Å². The van der Waals surface area contributed by atoms with Crippen LogP contribution in [0, 0.1) is 0 Å². The Morgan fingerprint density at radius 2 is 1.88 bits per heavy atom. The molecule has 0 aliphatic carbocycles. The van der Waals surface area contributed by atoms with Crippen LogP contribution in [0.5, 0.6) is 0 Å². The number of anilines is 1. The number of nitrogens with zero attached hydrogens (tertiary/aromatic N) is 1. The standard InChI is InChI=1S/C10H6BrF3N2/c11-6-2-1-5-3-7(10(12,13)14)9(15)16-8(5)4-6/h1-4H,(H2,15,16). The minimum atomic E-state index is -4.47. The summed E-state index contributed by atoms with van der Waals surface area (Å²) in [4.78, 5) is 3.73. The van der Waals surface area contributed by atoms with Gasteiger partial charge in [-0.1, -0.05) is 22.0 Å². The smallest absolute Gasteiger partial charge is 0.383 e. The number of rotatable bonds is 0. The van der Waals surface area contributed by atoms with E-state index in [-0.39, 0.29) is 0 Å². The summed E-state index contributed by atoms with van der Waals surface area (Å²) >= 11 is 3.21. The van der Waals surface area contributed by atoms with E-state index in [9.17, 15) is 13.2 Å². The van der Waals surface area contributed by atoms with Crippen LogP contribution < -0.4 is 5.73 Å². The highest BCUT2D eigenvalue weighted by molar-refractivity contribution is 9.10. The highest BCUT2D eigenvalue weighted by atomic mass is 79.9. The molecule has 0 bridgehead atoms. The van der Waals surface area contributed by atoms with Gasteiger partial charge in [0.15, 0.2) is 0 Å². The fourth-order valence-corrected chi connectivity index (χ4v) is 1.73. The Morgan fingerprint density at radius 1 is 1.19 bits per heavy atom. The molecule has 1 aromatic carbocycles. The second-order valence-electron chi connectivity index (χ2n) is 3.26. The molecule has 84 valence electrons. The van der Waals surface area contributed by atoms with E-state index >= 15 is 0 Å². The average Bonchev–Trinajstić information content (AvgIpc) is 2.14. The number of halogens is 4. The highest BCUT2D eigenvalue weighted by Crippen LogP contribution is 2.34. The molecule has 0 radical (unpaired) electrons. The number of hydrogen-bond donors (Lipinski definition) is 1. The molecule has 2 N–H and O–H groups in total. The molecule has 0 aliphatic rings. The maximum Gasteiger partial charge on any atom is 0.419 e. The third-order valence-electron chi connectivity index (χ3n) is 2.11. The minimum Gasteiger partial charge on any atom is -0.383 e. The lowest BCUT2D eigenvalue weighted by Crippen LogP contribution is -2.10. The van der Waals surface area contributed by atoms with Gasteiger partial charge in [0.2, 0.25) is 0 Å². The molecule has 1 aromatic heterocycles. The van der Waals surface area contributed by atoms with E-state index in [2.05, 4.69) is 20.9 Å². The monoisotopic (exact) mass is 290 g/mol. The van der Waals surface area contributed by atoms with Gasteiger partial charge in [-0.15, -0.1) is 0 Å². The lowest BCUT2D eigenvalue weighted by Gasteiger charge is -2.10. The van der Waals surface area contributed by atoms with Crippen molar-refractivity contribution in [3.8, 4) is 0 Å². The summed E-state index contributed by atoms with van der Waals surface area (Å²) in [6.45, 7) is 0. The molecule has 0 fully saturated rings. The quantitative estimate of drug-likeness (QED) is 0.805. The van der Waals surface area contributed by atoms with Gasteiger partial charge in [0.1, 0.15) is 5.82 Å². The van der Waals surface area contributed by atoms with E-state index in [1.807, 2.05) is 0 Å². The predicted molar refractivity (Wildman–Crippen MR) is 58.9 cm³/mol. The molecular formula is C10H6BrF3N2. The van der Waals surface area contributed by atoms with Gasteiger partial charge in [-0.05, 0) is 18.2 Å². The van der Waals surface area contributed by atoms with Crippen LogP contribution in [0.4, 0.5) is 19.0 Å². The van der Waals surface area contributed by atoms with Crippen molar-refractivity contribution in [3.63, 3.8) is 0 Å². The summed E-state index contributed by atoms with van der Waals surface area (Å²) in [6.07, 6.45) is -4.47. The predicted octanol–water partition coefficient (Wildman–Crippen LogP) is 3.60. The van der Waals surface area contributed by atoms with Crippen molar-refractivity contribution in [2.24, 2.45) is 0 Å². The first-order valence-corrected chi connectivity index (χ1v) is 5.10. The van der Waals surface area contributed by atoms with Crippen LogP contribution in [0.15, 0.2) is 28.7 Å². The summed E-state index contributed by atoms with van der Waals surface area (Å²) in [6, 6.07) is 5.83. The molecule has 0 unspecified atom stereocenters. The lowest BCUT2D eigenvalue weighted by molar-refractivity contribution is -0.137. The number of hydrogen-bond acceptors (Lipinski definition) is 2. The number of pyridine rings is 1. The van der Waals surface area contributed by atoms with Crippen LogP contribution >= 0.6 is 15.9 Å². The van der Waals surface area contributed by atoms with E-state index in [4.69, 9.17) is 5.73 Å². The Kier molecular flexibility index (Phi) is 2.53. The van der Waals surface area contributed by atoms with Crippen molar-refractivity contribution in [2.45, 2.75) is 6.18 Å². The molecule has 6 heteroatoms. The van der Waals surface area contributed by atoms with Gasteiger partial charge >= 0.3 is 6.18 Å². The molecule has 0 aliphatic heterocycles. The van der Waals surface area contributed by atoms with Gasteiger partial charge in [-0.3, -0.25) is 0 Å².